The number of rotatable bonds is 14. The van der Waals surface area contributed by atoms with E-state index in [1.807, 2.05) is 0 Å². The molecule has 0 heterocycles. The number of hydrogen-bond donors (Lipinski definition) is 12. The van der Waals surface area contributed by atoms with E-state index in [4.69, 9.17) is 10.2 Å². The van der Waals surface area contributed by atoms with Gasteiger partial charge in [-0.2, -0.15) is 0 Å². The van der Waals surface area contributed by atoms with Crippen molar-refractivity contribution in [3.63, 3.8) is 0 Å². The Hall–Kier alpha value is -2.32. The second-order valence-electron chi connectivity index (χ2n) is 7.61. The Kier molecular flexibility index (Phi) is 12.7. The monoisotopic (exact) mass is 526 g/mol. The summed E-state index contributed by atoms with van der Waals surface area (Å²) < 4.78 is 9.06. The van der Waals surface area contributed by atoms with Crippen LogP contribution in [0.1, 0.15) is 20.7 Å². The molecule has 1 aromatic rings. The van der Waals surface area contributed by atoms with Crippen molar-refractivity contribution in [1.82, 2.24) is 0 Å². The van der Waals surface area contributed by atoms with Crippen LogP contribution in [-0.2, 0) is 9.47 Å². The molecule has 0 saturated heterocycles. The molecule has 2 unspecified atom stereocenters. The fraction of sp³-hybridized carbons (Fsp3) is 0.600. The van der Waals surface area contributed by atoms with E-state index < -0.39 is 86.6 Å². The molecular weight excluding hydrogens is 496 g/mol. The van der Waals surface area contributed by atoms with Gasteiger partial charge >= 0.3 is 11.9 Å². The number of esters is 2. The van der Waals surface area contributed by atoms with Gasteiger partial charge in [-0.3, -0.25) is 0 Å². The highest BCUT2D eigenvalue weighted by molar-refractivity contribution is 5.93. The molecule has 16 nitrogen and oxygen atoms in total. The Bertz CT molecular complexity index is 751. The fourth-order valence-electron chi connectivity index (χ4n) is 2.65. The van der Waals surface area contributed by atoms with Gasteiger partial charge in [-0.1, -0.05) is 0 Å². The van der Waals surface area contributed by atoms with Crippen molar-refractivity contribution in [2.75, 3.05) is 13.2 Å². The lowest BCUT2D eigenvalue weighted by atomic mass is 10.0. The van der Waals surface area contributed by atoms with E-state index in [0.29, 0.717) is 0 Å². The second-order valence-corrected chi connectivity index (χ2v) is 7.61. The van der Waals surface area contributed by atoms with Gasteiger partial charge < -0.3 is 70.8 Å². The minimum absolute atomic E-state index is 0.291. The van der Waals surface area contributed by atoms with Gasteiger partial charge in [0, 0.05) is 0 Å². The Morgan fingerprint density at radius 3 is 1.06 bits per heavy atom. The smallest absolute Gasteiger partial charge is 0.340 e. The minimum atomic E-state index is -2.37. The number of carbonyl (C=O) groups excluding carboxylic acids is 2. The van der Waals surface area contributed by atoms with E-state index in [2.05, 4.69) is 9.47 Å². The molecule has 0 fully saturated rings. The van der Waals surface area contributed by atoms with Crippen LogP contribution in [0.5, 0.6) is 0 Å². The molecule has 36 heavy (non-hydrogen) atoms. The topological polar surface area (TPSA) is 295 Å². The van der Waals surface area contributed by atoms with Gasteiger partial charge in [-0.15, -0.1) is 0 Å². The summed E-state index contributed by atoms with van der Waals surface area (Å²) in [5, 5.41) is 113. The lowest BCUT2D eigenvalue weighted by Crippen LogP contribution is -2.51. The summed E-state index contributed by atoms with van der Waals surface area (Å²) in [5.74, 6) is -2.53. The first-order valence-electron chi connectivity index (χ1n) is 10.3. The van der Waals surface area contributed by atoms with E-state index >= 15 is 0 Å². The maximum absolute atomic E-state index is 12.1. The molecule has 0 amide bonds. The number of ether oxygens (including phenoxy) is 2. The predicted molar refractivity (Wildman–Crippen MR) is 112 cm³/mol. The summed E-state index contributed by atoms with van der Waals surface area (Å²) in [4.78, 5) is 24.2. The Balaban J connectivity index is 2.74. The molecule has 0 radical (unpaired) electrons. The second kappa shape index (κ2) is 14.4. The van der Waals surface area contributed by atoms with Crippen LogP contribution >= 0.6 is 0 Å². The molecule has 1 rings (SSSR count). The molecule has 12 N–H and O–H groups in total. The predicted octanol–water partition coefficient (Wildman–Crippen LogP) is -6.49. The highest BCUT2D eigenvalue weighted by Crippen LogP contribution is 2.15. The van der Waals surface area contributed by atoms with Crippen molar-refractivity contribution in [2.24, 2.45) is 0 Å². The third kappa shape index (κ3) is 8.37. The fourth-order valence-corrected chi connectivity index (χ4v) is 2.65. The molecule has 16 heteroatoms. The molecule has 0 bridgehead atoms. The van der Waals surface area contributed by atoms with Gasteiger partial charge in [-0.05, 0) is 24.3 Å². The quantitative estimate of drug-likeness (QED) is 0.0792. The summed E-state index contributed by atoms with van der Waals surface area (Å²) in [6, 6.07) is 3.94. The zero-order valence-corrected chi connectivity index (χ0v) is 18.5. The van der Waals surface area contributed by atoms with Crippen molar-refractivity contribution in [3.05, 3.63) is 35.4 Å². The number of hydrogen-bond acceptors (Lipinski definition) is 16. The number of carbonyl (C=O) groups is 2. The van der Waals surface area contributed by atoms with E-state index in [9.17, 15) is 60.7 Å². The van der Waals surface area contributed by atoms with E-state index in [0.717, 1.165) is 24.3 Å². The minimum Gasteiger partial charge on any atom is -0.429 e. The lowest BCUT2D eigenvalue weighted by Gasteiger charge is -2.28. The van der Waals surface area contributed by atoms with Gasteiger partial charge in [-0.25, -0.2) is 9.59 Å². The number of aliphatic hydroxyl groups excluding tert-OH is 12. The van der Waals surface area contributed by atoms with Crippen LogP contribution in [0.15, 0.2) is 24.3 Å². The van der Waals surface area contributed by atoms with Crippen molar-refractivity contribution >= 4 is 11.9 Å². The largest absolute Gasteiger partial charge is 0.429 e. The van der Waals surface area contributed by atoms with Crippen molar-refractivity contribution in [2.45, 2.75) is 61.4 Å². The molecule has 1 aromatic carbocycles. The van der Waals surface area contributed by atoms with Crippen molar-refractivity contribution in [3.8, 4) is 0 Å². The average Bonchev–Trinajstić information content (AvgIpc) is 2.89. The molecule has 0 aliphatic rings. The molecule has 0 aliphatic carbocycles. The van der Waals surface area contributed by atoms with Crippen molar-refractivity contribution < 1.29 is 80.3 Å². The molecule has 0 saturated carbocycles. The van der Waals surface area contributed by atoms with Gasteiger partial charge in [0.15, 0.2) is 0 Å². The van der Waals surface area contributed by atoms with Gasteiger partial charge in [0.25, 0.3) is 0 Å². The molecule has 0 aliphatic heterocycles. The maximum Gasteiger partial charge on any atom is 0.340 e. The van der Waals surface area contributed by atoms with Crippen LogP contribution in [0.2, 0.25) is 0 Å². The lowest BCUT2D eigenvalue weighted by molar-refractivity contribution is -0.192. The van der Waals surface area contributed by atoms with Gasteiger partial charge in [0.1, 0.15) is 48.8 Å². The average molecular weight is 526 g/mol. The number of benzene rings is 1. The maximum atomic E-state index is 12.1. The normalized spacial score (nSPS) is 20.1. The Labute approximate surface area is 203 Å². The highest BCUT2D eigenvalue weighted by atomic mass is 16.7. The SMILES string of the molecule is O=C(OC(O)[C@H](O)[C@@H](O)[C@H](O)[C@H](O)CO)c1ccc(C(=O)OC(O)[C@H](O)[C@@H](O)[C@H](O)[C@H](O)CO)cc1. The molecule has 0 spiro atoms. The first kappa shape index (κ1) is 31.7. The third-order valence-electron chi connectivity index (χ3n) is 4.96. The molecule has 10 atom stereocenters. The van der Waals surface area contributed by atoms with Crippen LogP contribution in [0, 0.1) is 0 Å². The summed E-state index contributed by atoms with van der Waals surface area (Å²) in [7, 11) is 0. The summed E-state index contributed by atoms with van der Waals surface area (Å²) in [6.45, 7) is -1.94. The van der Waals surface area contributed by atoms with Crippen LogP contribution in [0.25, 0.3) is 0 Å². The first-order valence-corrected chi connectivity index (χ1v) is 10.3. The molecular formula is C20H30O16. The van der Waals surface area contributed by atoms with Crippen LogP contribution in [-0.4, -0.2) is 148 Å². The summed E-state index contributed by atoms with van der Waals surface area (Å²) >= 11 is 0. The van der Waals surface area contributed by atoms with E-state index in [1.54, 1.807) is 0 Å². The van der Waals surface area contributed by atoms with Crippen LogP contribution < -0.4 is 0 Å². The standard InChI is InChI=1S/C20H30O16/c21-5-9(23)11(25)13(27)15(29)19(33)35-17(31)7-1-2-8(4-3-7)18(32)36-20(34)16(30)14(28)12(26)10(24)6-22/h1-4,9-16,19-30,33-34H,5-6H2/t9-,10-,11-,12-,13+,14+,15-,16-,19?,20?/m1/s1. The number of aliphatic hydroxyl groups is 12. The third-order valence-corrected chi connectivity index (χ3v) is 4.96. The summed E-state index contributed by atoms with van der Waals surface area (Å²) in [6.07, 6.45) is -21.6. The zero-order valence-electron chi connectivity index (χ0n) is 18.5. The summed E-state index contributed by atoms with van der Waals surface area (Å²) in [5.41, 5.74) is -0.583. The highest BCUT2D eigenvalue weighted by Gasteiger charge is 2.37. The van der Waals surface area contributed by atoms with E-state index in [1.165, 1.54) is 0 Å². The van der Waals surface area contributed by atoms with E-state index in [-0.39, 0.29) is 11.1 Å². The van der Waals surface area contributed by atoms with Crippen molar-refractivity contribution in [1.29, 1.82) is 0 Å². The molecule has 0 aromatic heterocycles. The zero-order chi connectivity index (χ0) is 27.7. The van der Waals surface area contributed by atoms with Gasteiger partial charge in [0.2, 0.25) is 12.6 Å². The Morgan fingerprint density at radius 1 is 0.528 bits per heavy atom. The van der Waals surface area contributed by atoms with Crippen LogP contribution in [0.3, 0.4) is 0 Å². The van der Waals surface area contributed by atoms with Gasteiger partial charge in [0.05, 0.1) is 24.3 Å². The molecule has 206 valence electrons. The van der Waals surface area contributed by atoms with Crippen LogP contribution in [0.4, 0.5) is 0 Å². The first-order chi connectivity index (χ1) is 16.8. The Morgan fingerprint density at radius 2 is 0.806 bits per heavy atom.